The van der Waals surface area contributed by atoms with Gasteiger partial charge in [-0.1, -0.05) is 62.9 Å². The fourth-order valence-electron chi connectivity index (χ4n) is 8.97. The average Bonchev–Trinajstić information content (AvgIpc) is 3.42. The number of ketones is 3. The van der Waals surface area contributed by atoms with Crippen molar-refractivity contribution in [2.75, 3.05) is 39.4 Å². The van der Waals surface area contributed by atoms with E-state index in [2.05, 4.69) is 49.5 Å². The lowest BCUT2D eigenvalue weighted by Crippen LogP contribution is -2.61. The highest BCUT2D eigenvalue weighted by atomic mass is 16.3. The van der Waals surface area contributed by atoms with Crippen molar-refractivity contribution in [1.29, 1.82) is 0 Å². The van der Waals surface area contributed by atoms with E-state index in [1.165, 1.54) is 13.8 Å². The Morgan fingerprint density at radius 3 is 1.78 bits per heavy atom. The van der Waals surface area contributed by atoms with E-state index < -0.39 is 176 Å². The summed E-state index contributed by atoms with van der Waals surface area (Å²) in [6.07, 6.45) is -2.77. The molecule has 0 unspecified atom stereocenters. The first-order valence-corrected chi connectivity index (χ1v) is 27.8. The fourth-order valence-corrected chi connectivity index (χ4v) is 8.97. The number of benzene rings is 1. The number of unbranched alkanes of at least 4 members (excludes halogenated alkanes) is 4. The highest BCUT2D eigenvalue weighted by Crippen LogP contribution is 2.18. The van der Waals surface area contributed by atoms with Gasteiger partial charge in [0.05, 0.1) is 37.4 Å². The van der Waals surface area contributed by atoms with E-state index in [1.807, 2.05) is 0 Å². The molecular formula is C54H89N11O16. The molecule has 0 radical (unpaired) electrons. The van der Waals surface area contributed by atoms with Crippen molar-refractivity contribution in [3.63, 3.8) is 0 Å². The Labute approximate surface area is 472 Å². The lowest BCUT2D eigenvalue weighted by molar-refractivity contribution is -0.138. The van der Waals surface area contributed by atoms with Crippen molar-refractivity contribution < 1.29 is 78.3 Å². The predicted octanol–water partition coefficient (Wildman–Crippen LogP) is -4.60. The molecule has 1 aromatic rings. The fraction of sp³-hybridized carbons (Fsp3) is 0.685. The summed E-state index contributed by atoms with van der Waals surface area (Å²) < 4.78 is 0. The first-order valence-electron chi connectivity index (χ1n) is 27.8. The molecule has 13 atom stereocenters. The van der Waals surface area contributed by atoms with E-state index in [1.54, 1.807) is 30.3 Å². The molecule has 456 valence electrons. The van der Waals surface area contributed by atoms with E-state index in [-0.39, 0.29) is 63.9 Å². The summed E-state index contributed by atoms with van der Waals surface area (Å²) in [5.74, 6) is -14.1. The van der Waals surface area contributed by atoms with E-state index >= 15 is 0 Å². The van der Waals surface area contributed by atoms with E-state index in [0.29, 0.717) is 12.0 Å². The molecule has 0 aromatic heterocycles. The first-order chi connectivity index (χ1) is 38.5. The third kappa shape index (κ3) is 24.7. The zero-order valence-electron chi connectivity index (χ0n) is 47.0. The summed E-state index contributed by atoms with van der Waals surface area (Å²) in [5.41, 5.74) is 17.8. The molecule has 1 fully saturated rings. The number of aliphatic hydroxyl groups excluding tert-OH is 5. The normalized spacial score (nSPS) is 23.6. The van der Waals surface area contributed by atoms with E-state index in [0.717, 1.165) is 32.6 Å². The van der Waals surface area contributed by atoms with Crippen molar-refractivity contribution >= 4 is 64.6 Å². The Morgan fingerprint density at radius 2 is 1.22 bits per heavy atom. The number of hydrogen-bond donors (Lipinski definition) is 16. The Balaban J connectivity index is 2.61. The summed E-state index contributed by atoms with van der Waals surface area (Å²) in [6, 6.07) is -3.31. The van der Waals surface area contributed by atoms with Gasteiger partial charge in [-0.25, -0.2) is 0 Å². The molecule has 1 aliphatic rings. The Kier molecular flexibility index (Phi) is 32.9. The third-order valence-corrected chi connectivity index (χ3v) is 13.8. The number of amides is 8. The molecule has 19 N–H and O–H groups in total. The van der Waals surface area contributed by atoms with Crippen LogP contribution in [-0.2, 0) is 59.2 Å². The SMILES string of the molecule is CCCCCCCC(=O)C[C@@H](CCN)C(=O)N[C@H](C(=O)C[C@H](CO)C(=O)N[C@H]1CCNC(=O)[C@H]([C@@H](C)O)NC(=O)[C@H](CCN)NC(=O)[C@H](CCN)NC(=O)[C@H]([C@@H](C)O)NC(=O)[C@@H](Cc2ccccc2)CC(=O)[C@H](CO)NC1=O)[C@@H](C)O. The van der Waals surface area contributed by atoms with Crippen LogP contribution in [0, 0.1) is 17.8 Å². The molecule has 0 spiro atoms. The maximum Gasteiger partial charge on any atom is 0.245 e. The van der Waals surface area contributed by atoms with Gasteiger partial charge in [0.25, 0.3) is 0 Å². The van der Waals surface area contributed by atoms with Crippen LogP contribution in [-0.4, -0.2) is 190 Å². The molecule has 1 aromatic carbocycles. The largest absolute Gasteiger partial charge is 0.396 e. The van der Waals surface area contributed by atoms with Crippen LogP contribution in [0.2, 0.25) is 0 Å². The molecular weight excluding hydrogens is 1060 g/mol. The zero-order valence-corrected chi connectivity index (χ0v) is 47.0. The van der Waals surface area contributed by atoms with Crippen molar-refractivity contribution in [2.45, 2.75) is 178 Å². The maximum absolute atomic E-state index is 14.2. The van der Waals surface area contributed by atoms with Crippen molar-refractivity contribution in [1.82, 2.24) is 42.5 Å². The van der Waals surface area contributed by atoms with Gasteiger partial charge in [0.15, 0.2) is 11.6 Å². The summed E-state index contributed by atoms with van der Waals surface area (Å²) in [6.45, 7) is 2.64. The van der Waals surface area contributed by atoms with Gasteiger partial charge in [-0.3, -0.25) is 52.7 Å². The number of nitrogens with two attached hydrogens (primary N) is 3. The molecule has 1 aliphatic heterocycles. The molecule has 27 heteroatoms. The van der Waals surface area contributed by atoms with Gasteiger partial charge in [0, 0.05) is 44.1 Å². The summed E-state index contributed by atoms with van der Waals surface area (Å²) in [5, 5.41) is 72.4. The van der Waals surface area contributed by atoms with Crippen LogP contribution in [0.5, 0.6) is 0 Å². The van der Waals surface area contributed by atoms with E-state index in [4.69, 9.17) is 17.2 Å². The number of nitrogens with one attached hydrogen (secondary N) is 8. The molecule has 2 rings (SSSR count). The van der Waals surface area contributed by atoms with Crippen LogP contribution in [0.1, 0.15) is 117 Å². The van der Waals surface area contributed by atoms with Gasteiger partial charge < -0.3 is 85.3 Å². The van der Waals surface area contributed by atoms with Gasteiger partial charge in [-0.15, -0.1) is 0 Å². The van der Waals surface area contributed by atoms with Gasteiger partial charge in [-0.05, 0) is 84.5 Å². The molecule has 0 saturated carbocycles. The molecule has 1 heterocycles. The molecule has 27 nitrogen and oxygen atoms in total. The minimum atomic E-state index is -1.78. The number of hydrogen-bond acceptors (Lipinski definition) is 19. The number of Topliss-reactive ketones (excluding diaryl/α,β-unsaturated/α-hetero) is 3. The van der Waals surface area contributed by atoms with Gasteiger partial charge >= 0.3 is 0 Å². The lowest BCUT2D eigenvalue weighted by atomic mass is 9.90. The molecule has 8 amide bonds. The summed E-state index contributed by atoms with van der Waals surface area (Å²) >= 11 is 0. The number of carbonyl (C=O) groups is 11. The van der Waals surface area contributed by atoms with Crippen LogP contribution in [0.4, 0.5) is 0 Å². The molecule has 1 saturated heterocycles. The highest BCUT2D eigenvalue weighted by Gasteiger charge is 2.38. The van der Waals surface area contributed by atoms with Crippen molar-refractivity contribution in [2.24, 2.45) is 35.0 Å². The van der Waals surface area contributed by atoms with Gasteiger partial charge in [0.1, 0.15) is 48.1 Å². The van der Waals surface area contributed by atoms with Crippen LogP contribution in [0.25, 0.3) is 0 Å². The topological polar surface area (TPSA) is 463 Å². The first kappa shape index (κ1) is 70.8. The Morgan fingerprint density at radius 1 is 0.654 bits per heavy atom. The molecule has 0 bridgehead atoms. The lowest BCUT2D eigenvalue weighted by Gasteiger charge is -2.28. The minimum absolute atomic E-state index is 0.0246. The number of aliphatic hydroxyl groups is 5. The van der Waals surface area contributed by atoms with E-state index in [9.17, 15) is 78.3 Å². The minimum Gasteiger partial charge on any atom is -0.396 e. The van der Waals surface area contributed by atoms with Crippen molar-refractivity contribution in [3.05, 3.63) is 35.9 Å². The molecule has 81 heavy (non-hydrogen) atoms. The van der Waals surface area contributed by atoms with Crippen LogP contribution in [0.3, 0.4) is 0 Å². The third-order valence-electron chi connectivity index (χ3n) is 13.8. The number of rotatable bonds is 28. The average molecular weight is 1150 g/mol. The highest BCUT2D eigenvalue weighted by molar-refractivity contribution is 5.99. The second-order valence-corrected chi connectivity index (χ2v) is 20.6. The summed E-state index contributed by atoms with van der Waals surface area (Å²) in [4.78, 5) is 152. The van der Waals surface area contributed by atoms with Gasteiger partial charge in [-0.2, -0.15) is 0 Å². The zero-order chi connectivity index (χ0) is 60.8. The predicted molar refractivity (Wildman–Crippen MR) is 294 cm³/mol. The molecule has 0 aliphatic carbocycles. The number of carbonyl (C=O) groups excluding carboxylic acids is 11. The van der Waals surface area contributed by atoms with Gasteiger partial charge in [0.2, 0.25) is 47.3 Å². The monoisotopic (exact) mass is 1150 g/mol. The Bertz CT molecular complexity index is 2220. The second kappa shape index (κ2) is 37.6. The smallest absolute Gasteiger partial charge is 0.245 e. The van der Waals surface area contributed by atoms with Crippen molar-refractivity contribution in [3.8, 4) is 0 Å². The standard InChI is InChI=1S/C54H89N11O16/c1-5-6-7-8-12-15-37(71)25-34(16-20-55)47(74)63-44(30(2)68)43(73)27-36(28-66)49(76)59-40-19-23-58-53(80)45(31(3)69)65-52(79)39(18-22-57)60-50(77)38(17-21-56)61-54(81)46(32(4)70)64-48(75)35(24-33-13-10-9-11-14-33)26-42(72)41(29-67)62-51(40)78/h9-11,13-14,30-32,34-36,38-41,44-46,66-70H,5-8,12,15-29,55-57H2,1-4H3,(H,58,80)(H,59,76)(H,60,77)(H,61,81)(H,62,78)(H,63,74)(H,64,75)(H,65,79)/t30-,31-,32-,34-,35+,36-,38+,39+,40+,41+,44+,45+,46+/m1/s1. The quantitative estimate of drug-likeness (QED) is 0.0351. The van der Waals surface area contributed by atoms with Crippen LogP contribution >= 0.6 is 0 Å². The second-order valence-electron chi connectivity index (χ2n) is 20.6. The van der Waals surface area contributed by atoms with Crippen LogP contribution < -0.4 is 59.7 Å². The Hall–Kier alpha value is -6.33. The summed E-state index contributed by atoms with van der Waals surface area (Å²) in [7, 11) is 0. The van der Waals surface area contributed by atoms with Crippen LogP contribution in [0.15, 0.2) is 30.3 Å². The maximum atomic E-state index is 14.2.